The van der Waals surface area contributed by atoms with E-state index in [1.165, 1.54) is 43.0 Å². The number of aromatic carboxylic acids is 1. The second-order valence-electron chi connectivity index (χ2n) is 6.62. The largest absolute Gasteiger partial charge is 0.478 e. The molecule has 2 aromatic carbocycles. The molecule has 0 radical (unpaired) electrons. The van der Waals surface area contributed by atoms with Crippen molar-refractivity contribution in [2.75, 3.05) is 11.4 Å². The third-order valence-corrected chi connectivity index (χ3v) is 5.27. The third-order valence-electron chi connectivity index (χ3n) is 5.27. The molecule has 3 nitrogen and oxygen atoms in total. The van der Waals surface area contributed by atoms with Crippen LogP contribution in [0.25, 0.3) is 0 Å². The molecule has 23 heavy (non-hydrogen) atoms. The van der Waals surface area contributed by atoms with Gasteiger partial charge in [-0.05, 0) is 42.7 Å². The number of hydrogen-bond acceptors (Lipinski definition) is 2. The summed E-state index contributed by atoms with van der Waals surface area (Å²) in [5.74, 6) is -1.37. The van der Waals surface area contributed by atoms with E-state index >= 15 is 0 Å². The first-order chi connectivity index (χ1) is 11.1. The molecule has 4 rings (SSSR count). The summed E-state index contributed by atoms with van der Waals surface area (Å²) in [4.78, 5) is 13.3. The van der Waals surface area contributed by atoms with E-state index in [-0.39, 0.29) is 16.8 Å². The molecule has 0 atom stereocenters. The van der Waals surface area contributed by atoms with Crippen molar-refractivity contribution in [3.8, 4) is 0 Å². The second kappa shape index (κ2) is 5.08. The highest BCUT2D eigenvalue weighted by Crippen LogP contribution is 2.52. The number of para-hydroxylation sites is 1. The number of carboxylic acids is 1. The van der Waals surface area contributed by atoms with E-state index in [4.69, 9.17) is 5.11 Å². The van der Waals surface area contributed by atoms with Crippen molar-refractivity contribution in [2.24, 2.45) is 0 Å². The number of hydrogen-bond donors (Lipinski definition) is 1. The Balaban J connectivity index is 1.68. The smallest absolute Gasteiger partial charge is 0.335 e. The molecule has 0 aromatic heterocycles. The summed E-state index contributed by atoms with van der Waals surface area (Å²) in [6, 6.07) is 12.3. The van der Waals surface area contributed by atoms with E-state index in [1.54, 1.807) is 0 Å². The average molecular weight is 311 g/mol. The minimum Gasteiger partial charge on any atom is -0.478 e. The molecule has 1 heterocycles. The van der Waals surface area contributed by atoms with Crippen LogP contribution in [-0.2, 0) is 12.0 Å². The summed E-state index contributed by atoms with van der Waals surface area (Å²) in [7, 11) is 0. The number of halogens is 1. The fourth-order valence-electron chi connectivity index (χ4n) is 3.94. The minimum absolute atomic E-state index is 0.132. The highest BCUT2D eigenvalue weighted by Gasteiger charge is 2.46. The van der Waals surface area contributed by atoms with E-state index in [9.17, 15) is 9.18 Å². The predicted octanol–water partition coefficient (Wildman–Crippen LogP) is 3.97. The molecule has 0 saturated heterocycles. The van der Waals surface area contributed by atoms with Crippen molar-refractivity contribution in [1.82, 2.24) is 0 Å². The van der Waals surface area contributed by atoms with Gasteiger partial charge in [-0.1, -0.05) is 24.6 Å². The molecule has 1 aliphatic heterocycles. The Morgan fingerprint density at radius 2 is 2.00 bits per heavy atom. The Morgan fingerprint density at radius 3 is 2.70 bits per heavy atom. The lowest BCUT2D eigenvalue weighted by molar-refractivity contribution is 0.0696. The molecule has 0 unspecified atom stereocenters. The van der Waals surface area contributed by atoms with Gasteiger partial charge in [0.1, 0.15) is 5.82 Å². The van der Waals surface area contributed by atoms with Crippen LogP contribution in [0, 0.1) is 5.82 Å². The standard InChI is InChI=1S/C19H18FNO2/c20-16-7-6-13(18(22)23)10-14(16)11-21-12-19(8-3-9-19)15-4-1-2-5-17(15)21/h1-2,4-7,10H,3,8-9,11-12H2,(H,22,23). The number of benzene rings is 2. The van der Waals surface area contributed by atoms with Crippen LogP contribution in [0.5, 0.6) is 0 Å². The molecule has 0 bridgehead atoms. The molecule has 2 aliphatic rings. The molecule has 0 amide bonds. The first kappa shape index (κ1) is 14.2. The van der Waals surface area contributed by atoms with Gasteiger partial charge in [-0.2, -0.15) is 0 Å². The Kier molecular flexibility index (Phi) is 3.15. The maximum absolute atomic E-state index is 14.1. The Bertz CT molecular complexity index is 783. The normalized spacial score (nSPS) is 17.9. The quantitative estimate of drug-likeness (QED) is 0.932. The Morgan fingerprint density at radius 1 is 1.22 bits per heavy atom. The summed E-state index contributed by atoms with van der Waals surface area (Å²) in [6.07, 6.45) is 3.60. The molecule has 4 heteroatoms. The lowest BCUT2D eigenvalue weighted by Crippen LogP contribution is -2.39. The number of carboxylic acid groups (broad SMARTS) is 1. The number of anilines is 1. The molecule has 2 aromatic rings. The van der Waals surface area contributed by atoms with Gasteiger partial charge in [0.2, 0.25) is 0 Å². The van der Waals surface area contributed by atoms with Crippen molar-refractivity contribution >= 4 is 11.7 Å². The summed E-state index contributed by atoms with van der Waals surface area (Å²) >= 11 is 0. The highest BCUT2D eigenvalue weighted by atomic mass is 19.1. The van der Waals surface area contributed by atoms with Gasteiger partial charge in [0.25, 0.3) is 0 Å². The highest BCUT2D eigenvalue weighted by molar-refractivity contribution is 5.87. The molecular weight excluding hydrogens is 293 g/mol. The molecule has 118 valence electrons. The van der Waals surface area contributed by atoms with Gasteiger partial charge in [-0.15, -0.1) is 0 Å². The number of nitrogens with zero attached hydrogens (tertiary/aromatic N) is 1. The zero-order valence-corrected chi connectivity index (χ0v) is 12.8. The average Bonchev–Trinajstić information content (AvgIpc) is 2.84. The molecule has 1 spiro atoms. The first-order valence-electron chi connectivity index (χ1n) is 7.95. The number of rotatable bonds is 3. The van der Waals surface area contributed by atoms with E-state index in [0.29, 0.717) is 12.1 Å². The molecule has 1 aliphatic carbocycles. The van der Waals surface area contributed by atoms with E-state index in [1.807, 2.05) is 6.07 Å². The van der Waals surface area contributed by atoms with Crippen LogP contribution in [0.4, 0.5) is 10.1 Å². The molecular formula is C19H18FNO2. The van der Waals surface area contributed by atoms with Gasteiger partial charge in [-0.3, -0.25) is 0 Å². The van der Waals surface area contributed by atoms with Crippen LogP contribution in [0.3, 0.4) is 0 Å². The first-order valence-corrected chi connectivity index (χ1v) is 7.95. The summed E-state index contributed by atoms with van der Waals surface area (Å²) in [6.45, 7) is 1.30. The Labute approximate surface area is 134 Å². The lowest BCUT2D eigenvalue weighted by Gasteiger charge is -2.39. The third kappa shape index (κ3) is 2.21. The van der Waals surface area contributed by atoms with E-state index in [2.05, 4.69) is 23.1 Å². The second-order valence-corrected chi connectivity index (χ2v) is 6.62. The van der Waals surface area contributed by atoms with Crippen molar-refractivity contribution < 1.29 is 14.3 Å². The van der Waals surface area contributed by atoms with Crippen LogP contribution in [0.15, 0.2) is 42.5 Å². The maximum atomic E-state index is 14.1. The maximum Gasteiger partial charge on any atom is 0.335 e. The molecule has 1 N–H and O–H groups in total. The fraction of sp³-hybridized carbons (Fsp3) is 0.316. The predicted molar refractivity (Wildman–Crippen MR) is 86.4 cm³/mol. The zero-order chi connectivity index (χ0) is 16.0. The molecule has 1 saturated carbocycles. The van der Waals surface area contributed by atoms with Crippen LogP contribution in [0.1, 0.15) is 40.7 Å². The van der Waals surface area contributed by atoms with Crippen LogP contribution >= 0.6 is 0 Å². The number of fused-ring (bicyclic) bond motifs is 2. The lowest BCUT2D eigenvalue weighted by atomic mass is 9.66. The van der Waals surface area contributed by atoms with Gasteiger partial charge >= 0.3 is 5.97 Å². The van der Waals surface area contributed by atoms with Crippen molar-refractivity contribution in [2.45, 2.75) is 31.2 Å². The topological polar surface area (TPSA) is 40.5 Å². The minimum atomic E-state index is -1.02. The van der Waals surface area contributed by atoms with E-state index in [0.717, 1.165) is 12.2 Å². The van der Waals surface area contributed by atoms with E-state index < -0.39 is 5.97 Å². The van der Waals surface area contributed by atoms with Gasteiger partial charge in [0, 0.05) is 29.8 Å². The van der Waals surface area contributed by atoms with Gasteiger partial charge in [-0.25, -0.2) is 9.18 Å². The van der Waals surface area contributed by atoms with Gasteiger partial charge in [0.05, 0.1) is 5.56 Å². The van der Waals surface area contributed by atoms with Crippen molar-refractivity contribution in [3.05, 3.63) is 65.0 Å². The zero-order valence-electron chi connectivity index (χ0n) is 12.8. The summed E-state index contributed by atoms with van der Waals surface area (Å²) in [5.41, 5.74) is 3.31. The van der Waals surface area contributed by atoms with Crippen LogP contribution in [-0.4, -0.2) is 17.6 Å². The number of carbonyl (C=O) groups is 1. The van der Waals surface area contributed by atoms with Crippen molar-refractivity contribution in [3.63, 3.8) is 0 Å². The summed E-state index contributed by atoms with van der Waals surface area (Å²) in [5, 5.41) is 9.11. The summed E-state index contributed by atoms with van der Waals surface area (Å²) < 4.78 is 14.1. The Hall–Kier alpha value is -2.36. The monoisotopic (exact) mass is 311 g/mol. The van der Waals surface area contributed by atoms with Gasteiger partial charge in [0.15, 0.2) is 0 Å². The van der Waals surface area contributed by atoms with Crippen LogP contribution < -0.4 is 4.90 Å². The van der Waals surface area contributed by atoms with Crippen LogP contribution in [0.2, 0.25) is 0 Å². The SMILES string of the molecule is O=C(O)c1ccc(F)c(CN2CC3(CCC3)c3ccccc32)c1. The van der Waals surface area contributed by atoms with Gasteiger partial charge < -0.3 is 10.0 Å². The fourth-order valence-corrected chi connectivity index (χ4v) is 3.94. The van der Waals surface area contributed by atoms with Crippen molar-refractivity contribution in [1.29, 1.82) is 0 Å². The molecule has 1 fully saturated rings.